The van der Waals surface area contributed by atoms with Crippen LogP contribution in [0.4, 0.5) is 5.69 Å². The molecule has 2 heterocycles. The molecule has 0 spiro atoms. The highest BCUT2D eigenvalue weighted by atomic mass is 16.5. The van der Waals surface area contributed by atoms with Crippen LogP contribution in [-0.4, -0.2) is 17.6 Å². The van der Waals surface area contributed by atoms with Gasteiger partial charge in [0.1, 0.15) is 0 Å². The monoisotopic (exact) mass is 280 g/mol. The maximum absolute atomic E-state index is 12.3. The van der Waals surface area contributed by atoms with E-state index < -0.39 is 0 Å². The number of aryl methyl sites for hydroxylation is 2. The minimum atomic E-state index is -0.0989. The number of benzene rings is 1. The summed E-state index contributed by atoms with van der Waals surface area (Å²) in [6.45, 7) is 4.36. The van der Waals surface area contributed by atoms with E-state index in [2.05, 4.69) is 31.0 Å². The Labute approximate surface area is 123 Å². The summed E-state index contributed by atoms with van der Waals surface area (Å²) in [5, 5.41) is 0. The fraction of sp³-hybridized carbons (Fsp3) is 0.176. The summed E-state index contributed by atoms with van der Waals surface area (Å²) >= 11 is 0. The molecule has 3 rings (SSSR count). The quantitative estimate of drug-likeness (QED) is 0.794. The number of aromatic nitrogens is 1. The molecule has 0 saturated heterocycles. The molecule has 106 valence electrons. The first kappa shape index (κ1) is 13.4. The Bertz CT molecular complexity index is 722. The van der Waals surface area contributed by atoms with Crippen LogP contribution in [0.15, 0.2) is 42.7 Å². The highest BCUT2D eigenvalue weighted by molar-refractivity contribution is 6.05. The number of anilines is 1. The molecule has 1 aromatic heterocycles. The van der Waals surface area contributed by atoms with Crippen LogP contribution in [0.5, 0.6) is 5.75 Å². The zero-order valence-electron chi connectivity index (χ0n) is 12.0. The number of ether oxygens (including phenoxy) is 1. The molecule has 0 unspecified atom stereocenters. The Kier molecular flexibility index (Phi) is 3.44. The van der Waals surface area contributed by atoms with Crippen molar-refractivity contribution in [2.45, 2.75) is 13.8 Å². The topological polar surface area (TPSA) is 42.4 Å². The van der Waals surface area contributed by atoms with Crippen LogP contribution in [0.1, 0.15) is 16.7 Å². The van der Waals surface area contributed by atoms with Crippen molar-refractivity contribution in [3.63, 3.8) is 0 Å². The highest BCUT2D eigenvalue weighted by Crippen LogP contribution is 2.32. The van der Waals surface area contributed by atoms with Crippen LogP contribution in [0.25, 0.3) is 6.08 Å². The molecule has 0 fully saturated rings. The van der Waals surface area contributed by atoms with Gasteiger partial charge >= 0.3 is 0 Å². The Morgan fingerprint density at radius 3 is 2.95 bits per heavy atom. The van der Waals surface area contributed by atoms with E-state index in [1.807, 2.05) is 12.1 Å². The van der Waals surface area contributed by atoms with Gasteiger partial charge in [-0.25, -0.2) is 0 Å². The fourth-order valence-corrected chi connectivity index (χ4v) is 2.22. The lowest BCUT2D eigenvalue weighted by molar-refractivity contribution is -0.114. The first-order chi connectivity index (χ1) is 10.1. The van der Waals surface area contributed by atoms with Crippen molar-refractivity contribution in [3.05, 3.63) is 59.4 Å². The molecule has 1 aliphatic rings. The van der Waals surface area contributed by atoms with Crippen LogP contribution < -0.4 is 9.64 Å². The van der Waals surface area contributed by atoms with Gasteiger partial charge in [-0.3, -0.25) is 14.7 Å². The Balaban J connectivity index is 1.78. The van der Waals surface area contributed by atoms with Gasteiger partial charge in [-0.15, -0.1) is 0 Å². The molecule has 21 heavy (non-hydrogen) atoms. The summed E-state index contributed by atoms with van der Waals surface area (Å²) in [5.74, 6) is 0.545. The van der Waals surface area contributed by atoms with Crippen molar-refractivity contribution in [1.29, 1.82) is 0 Å². The molecule has 0 bridgehead atoms. The number of carbonyl (C=O) groups excluding carboxylic acids is 1. The predicted octanol–water partition coefficient (Wildman–Crippen LogP) is 3.09. The Morgan fingerprint density at radius 2 is 2.14 bits per heavy atom. The molecule has 0 atom stereocenters. The molecule has 1 amide bonds. The third kappa shape index (κ3) is 2.65. The standard InChI is InChI=1S/C17H16N2O2/c1-12-3-4-14(9-13(12)2)5-6-17(20)19-11-21-16-10-18-8-7-15(16)19/h3-10H,11H2,1-2H3/b6-5+. The van der Waals surface area contributed by atoms with E-state index >= 15 is 0 Å². The summed E-state index contributed by atoms with van der Waals surface area (Å²) in [7, 11) is 0. The van der Waals surface area contributed by atoms with Crippen molar-refractivity contribution in [1.82, 2.24) is 4.98 Å². The second-order valence-corrected chi connectivity index (χ2v) is 5.06. The van der Waals surface area contributed by atoms with Crippen LogP contribution in [0.2, 0.25) is 0 Å². The lowest BCUT2D eigenvalue weighted by Gasteiger charge is -2.11. The average Bonchev–Trinajstić information content (AvgIpc) is 2.92. The third-order valence-electron chi connectivity index (χ3n) is 3.62. The van der Waals surface area contributed by atoms with Gasteiger partial charge in [0.15, 0.2) is 12.5 Å². The van der Waals surface area contributed by atoms with Crippen molar-refractivity contribution >= 4 is 17.7 Å². The van der Waals surface area contributed by atoms with E-state index in [-0.39, 0.29) is 12.6 Å². The van der Waals surface area contributed by atoms with E-state index in [0.717, 1.165) is 11.3 Å². The largest absolute Gasteiger partial charge is 0.469 e. The molecule has 0 saturated carbocycles. The van der Waals surface area contributed by atoms with Crippen molar-refractivity contribution in [2.75, 3.05) is 11.6 Å². The molecular formula is C17H16N2O2. The molecule has 0 aliphatic carbocycles. The highest BCUT2D eigenvalue weighted by Gasteiger charge is 2.24. The number of pyridine rings is 1. The second kappa shape index (κ2) is 5.40. The lowest BCUT2D eigenvalue weighted by atomic mass is 10.1. The van der Waals surface area contributed by atoms with Gasteiger partial charge in [0, 0.05) is 12.3 Å². The Hall–Kier alpha value is -2.62. The van der Waals surface area contributed by atoms with Crippen molar-refractivity contribution < 1.29 is 9.53 Å². The van der Waals surface area contributed by atoms with Gasteiger partial charge in [0.2, 0.25) is 0 Å². The second-order valence-electron chi connectivity index (χ2n) is 5.06. The molecule has 0 radical (unpaired) electrons. The first-order valence-corrected chi connectivity index (χ1v) is 6.79. The van der Waals surface area contributed by atoms with Gasteiger partial charge < -0.3 is 4.74 Å². The van der Waals surface area contributed by atoms with Gasteiger partial charge in [-0.2, -0.15) is 0 Å². The summed E-state index contributed by atoms with van der Waals surface area (Å²) < 4.78 is 5.43. The number of fused-ring (bicyclic) bond motifs is 1. The number of amides is 1. The van der Waals surface area contributed by atoms with E-state index in [1.54, 1.807) is 29.4 Å². The zero-order chi connectivity index (χ0) is 14.8. The molecule has 1 aliphatic heterocycles. The molecule has 2 aromatic rings. The van der Waals surface area contributed by atoms with Crippen LogP contribution in [0.3, 0.4) is 0 Å². The van der Waals surface area contributed by atoms with Crippen molar-refractivity contribution in [3.8, 4) is 5.75 Å². The SMILES string of the molecule is Cc1ccc(/C=C/C(=O)N2COc3cnccc32)cc1C. The number of rotatable bonds is 2. The molecule has 4 heteroatoms. The van der Waals surface area contributed by atoms with E-state index in [1.165, 1.54) is 11.1 Å². The number of hydrogen-bond acceptors (Lipinski definition) is 3. The molecule has 0 N–H and O–H groups in total. The molecule has 1 aromatic carbocycles. The normalized spacial score (nSPS) is 13.3. The number of hydrogen-bond donors (Lipinski definition) is 0. The minimum Gasteiger partial charge on any atom is -0.469 e. The fourth-order valence-electron chi connectivity index (χ4n) is 2.22. The maximum Gasteiger partial charge on any atom is 0.253 e. The third-order valence-corrected chi connectivity index (χ3v) is 3.62. The Morgan fingerprint density at radius 1 is 1.29 bits per heavy atom. The van der Waals surface area contributed by atoms with E-state index in [0.29, 0.717) is 5.75 Å². The summed E-state index contributed by atoms with van der Waals surface area (Å²) in [6, 6.07) is 7.91. The van der Waals surface area contributed by atoms with Gasteiger partial charge in [0.25, 0.3) is 5.91 Å². The summed E-state index contributed by atoms with van der Waals surface area (Å²) in [6.07, 6.45) is 6.67. The van der Waals surface area contributed by atoms with Crippen LogP contribution in [-0.2, 0) is 4.79 Å². The molecule has 4 nitrogen and oxygen atoms in total. The van der Waals surface area contributed by atoms with E-state index in [9.17, 15) is 4.79 Å². The van der Waals surface area contributed by atoms with Crippen LogP contribution >= 0.6 is 0 Å². The van der Waals surface area contributed by atoms with Crippen molar-refractivity contribution in [2.24, 2.45) is 0 Å². The minimum absolute atomic E-state index is 0.0989. The first-order valence-electron chi connectivity index (χ1n) is 6.79. The maximum atomic E-state index is 12.3. The summed E-state index contributed by atoms with van der Waals surface area (Å²) in [5.41, 5.74) is 4.24. The predicted molar refractivity (Wildman–Crippen MR) is 82.2 cm³/mol. The number of carbonyl (C=O) groups is 1. The average molecular weight is 280 g/mol. The smallest absolute Gasteiger partial charge is 0.253 e. The zero-order valence-corrected chi connectivity index (χ0v) is 12.0. The van der Waals surface area contributed by atoms with Gasteiger partial charge in [0.05, 0.1) is 11.9 Å². The van der Waals surface area contributed by atoms with E-state index in [4.69, 9.17) is 4.74 Å². The lowest BCUT2D eigenvalue weighted by Crippen LogP contribution is -2.28. The van der Waals surface area contributed by atoms with Crippen LogP contribution in [0, 0.1) is 13.8 Å². The number of nitrogens with zero attached hydrogens (tertiary/aromatic N) is 2. The molecular weight excluding hydrogens is 264 g/mol. The summed E-state index contributed by atoms with van der Waals surface area (Å²) in [4.78, 5) is 17.8. The van der Waals surface area contributed by atoms with Gasteiger partial charge in [-0.05, 0) is 42.7 Å². The van der Waals surface area contributed by atoms with Gasteiger partial charge in [-0.1, -0.05) is 18.2 Å².